The molecule has 0 radical (unpaired) electrons. The molecule has 0 fully saturated rings. The van der Waals surface area contributed by atoms with Crippen LogP contribution in [0.25, 0.3) is 11.4 Å². The van der Waals surface area contributed by atoms with E-state index in [2.05, 4.69) is 36.2 Å². The van der Waals surface area contributed by atoms with Crippen molar-refractivity contribution in [3.05, 3.63) is 30.2 Å². The summed E-state index contributed by atoms with van der Waals surface area (Å²) in [5, 5.41) is 7.45. The van der Waals surface area contributed by atoms with Gasteiger partial charge in [0.25, 0.3) is 0 Å². The first-order valence-corrected chi connectivity index (χ1v) is 7.29. The van der Waals surface area contributed by atoms with Crippen LogP contribution in [-0.4, -0.2) is 28.8 Å². The summed E-state index contributed by atoms with van der Waals surface area (Å²) in [4.78, 5) is 4.45. The van der Waals surface area contributed by atoms with Crippen LogP contribution >= 0.6 is 0 Å². The third kappa shape index (κ3) is 4.56. The monoisotopic (exact) mass is 289 g/mol. The molecule has 0 aliphatic carbocycles. The van der Waals surface area contributed by atoms with Gasteiger partial charge in [-0.05, 0) is 39.8 Å². The van der Waals surface area contributed by atoms with Crippen molar-refractivity contribution in [2.24, 2.45) is 0 Å². The molecular weight excluding hydrogens is 266 g/mol. The Kier molecular flexibility index (Phi) is 4.96. The zero-order valence-corrected chi connectivity index (χ0v) is 13.1. The van der Waals surface area contributed by atoms with Crippen molar-refractivity contribution in [2.45, 2.75) is 39.7 Å². The SMILES string of the molecule is CCOc1ccccc1-c1noc(CCNC(C)(C)C)n1. The molecule has 114 valence electrons. The van der Waals surface area contributed by atoms with E-state index in [0.29, 0.717) is 24.7 Å². The maximum absolute atomic E-state index is 5.59. The van der Waals surface area contributed by atoms with Gasteiger partial charge in [-0.2, -0.15) is 4.98 Å². The number of hydrogen-bond acceptors (Lipinski definition) is 5. The molecule has 0 saturated heterocycles. The molecule has 1 aromatic carbocycles. The molecule has 1 N–H and O–H groups in total. The first-order valence-electron chi connectivity index (χ1n) is 7.29. The van der Waals surface area contributed by atoms with Crippen molar-refractivity contribution in [1.82, 2.24) is 15.5 Å². The van der Waals surface area contributed by atoms with E-state index in [-0.39, 0.29) is 5.54 Å². The fourth-order valence-corrected chi connectivity index (χ4v) is 1.94. The number of nitrogens with zero attached hydrogens (tertiary/aromatic N) is 2. The zero-order valence-electron chi connectivity index (χ0n) is 13.1. The average Bonchev–Trinajstić information content (AvgIpc) is 2.87. The summed E-state index contributed by atoms with van der Waals surface area (Å²) < 4.78 is 10.9. The highest BCUT2D eigenvalue weighted by Crippen LogP contribution is 2.27. The molecule has 1 heterocycles. The second kappa shape index (κ2) is 6.72. The van der Waals surface area contributed by atoms with Gasteiger partial charge in [-0.3, -0.25) is 0 Å². The second-order valence-corrected chi connectivity index (χ2v) is 5.87. The highest BCUT2D eigenvalue weighted by atomic mass is 16.5. The van der Waals surface area contributed by atoms with Gasteiger partial charge in [-0.25, -0.2) is 0 Å². The Morgan fingerprint density at radius 3 is 2.71 bits per heavy atom. The molecule has 0 atom stereocenters. The molecule has 0 aliphatic heterocycles. The highest BCUT2D eigenvalue weighted by molar-refractivity contribution is 5.63. The molecule has 0 aliphatic rings. The summed E-state index contributed by atoms with van der Waals surface area (Å²) in [5.74, 6) is 1.98. The van der Waals surface area contributed by atoms with Gasteiger partial charge < -0.3 is 14.6 Å². The van der Waals surface area contributed by atoms with Crippen molar-refractivity contribution in [1.29, 1.82) is 0 Å². The maximum Gasteiger partial charge on any atom is 0.228 e. The van der Waals surface area contributed by atoms with Crippen LogP contribution < -0.4 is 10.1 Å². The van der Waals surface area contributed by atoms with Crippen LogP contribution in [0.5, 0.6) is 5.75 Å². The van der Waals surface area contributed by atoms with Crippen LogP contribution in [0.4, 0.5) is 0 Å². The molecule has 0 bridgehead atoms. The van der Waals surface area contributed by atoms with Crippen LogP contribution in [0.15, 0.2) is 28.8 Å². The van der Waals surface area contributed by atoms with Gasteiger partial charge in [0.1, 0.15) is 5.75 Å². The van der Waals surface area contributed by atoms with Crippen LogP contribution in [0.1, 0.15) is 33.6 Å². The third-order valence-electron chi connectivity index (χ3n) is 2.89. The van der Waals surface area contributed by atoms with E-state index in [1.165, 1.54) is 0 Å². The Labute approximate surface area is 125 Å². The van der Waals surface area contributed by atoms with Crippen LogP contribution in [0, 0.1) is 0 Å². The number of benzene rings is 1. The number of nitrogens with one attached hydrogen (secondary N) is 1. The molecule has 0 unspecified atom stereocenters. The summed E-state index contributed by atoms with van der Waals surface area (Å²) in [7, 11) is 0. The molecule has 2 aromatic rings. The standard InChI is InChI=1S/C16H23N3O2/c1-5-20-13-9-7-6-8-12(13)15-18-14(21-19-15)10-11-17-16(2,3)4/h6-9,17H,5,10-11H2,1-4H3. The minimum atomic E-state index is 0.0877. The highest BCUT2D eigenvalue weighted by Gasteiger charge is 2.14. The molecular formula is C16H23N3O2. The van der Waals surface area contributed by atoms with Crippen molar-refractivity contribution < 1.29 is 9.26 Å². The van der Waals surface area contributed by atoms with Gasteiger partial charge in [-0.1, -0.05) is 17.3 Å². The summed E-state index contributed by atoms with van der Waals surface area (Å²) in [6.45, 7) is 9.76. The number of aromatic nitrogens is 2. The van der Waals surface area contributed by atoms with E-state index < -0.39 is 0 Å². The van der Waals surface area contributed by atoms with E-state index in [1.54, 1.807) is 0 Å². The Bertz CT molecular complexity index is 573. The molecule has 0 amide bonds. The molecule has 1 aromatic heterocycles. The molecule has 5 nitrogen and oxygen atoms in total. The lowest BCUT2D eigenvalue weighted by molar-refractivity contribution is 0.340. The number of para-hydroxylation sites is 1. The summed E-state index contributed by atoms with van der Waals surface area (Å²) in [5.41, 5.74) is 0.947. The lowest BCUT2D eigenvalue weighted by Gasteiger charge is -2.19. The van der Waals surface area contributed by atoms with Crippen LogP contribution in [0.2, 0.25) is 0 Å². The Balaban J connectivity index is 2.06. The van der Waals surface area contributed by atoms with E-state index in [0.717, 1.165) is 17.9 Å². The quantitative estimate of drug-likeness (QED) is 0.885. The minimum absolute atomic E-state index is 0.0877. The topological polar surface area (TPSA) is 60.2 Å². The fraction of sp³-hybridized carbons (Fsp3) is 0.500. The smallest absolute Gasteiger partial charge is 0.228 e. The van der Waals surface area contributed by atoms with Gasteiger partial charge in [0.2, 0.25) is 11.7 Å². The molecule has 0 spiro atoms. The summed E-state index contributed by atoms with van der Waals surface area (Å²) >= 11 is 0. The van der Waals surface area contributed by atoms with E-state index in [1.807, 2.05) is 31.2 Å². The van der Waals surface area contributed by atoms with Gasteiger partial charge >= 0.3 is 0 Å². The number of hydrogen-bond donors (Lipinski definition) is 1. The Morgan fingerprint density at radius 1 is 1.24 bits per heavy atom. The number of rotatable bonds is 6. The van der Waals surface area contributed by atoms with E-state index in [9.17, 15) is 0 Å². The van der Waals surface area contributed by atoms with E-state index >= 15 is 0 Å². The zero-order chi connectivity index (χ0) is 15.3. The second-order valence-electron chi connectivity index (χ2n) is 5.87. The Hall–Kier alpha value is -1.88. The minimum Gasteiger partial charge on any atom is -0.493 e. The van der Waals surface area contributed by atoms with Crippen LogP contribution in [-0.2, 0) is 6.42 Å². The van der Waals surface area contributed by atoms with Crippen molar-refractivity contribution >= 4 is 0 Å². The van der Waals surface area contributed by atoms with Gasteiger partial charge in [0.05, 0.1) is 12.2 Å². The normalized spacial score (nSPS) is 11.6. The molecule has 5 heteroatoms. The summed E-state index contributed by atoms with van der Waals surface area (Å²) in [6.07, 6.45) is 0.709. The number of ether oxygens (including phenoxy) is 1. The molecule has 2 rings (SSSR count). The fourth-order valence-electron chi connectivity index (χ4n) is 1.94. The first kappa shape index (κ1) is 15.5. The molecule has 0 saturated carbocycles. The first-order chi connectivity index (χ1) is 9.99. The van der Waals surface area contributed by atoms with Gasteiger partial charge in [-0.15, -0.1) is 0 Å². The lowest BCUT2D eigenvalue weighted by atomic mass is 10.1. The van der Waals surface area contributed by atoms with Crippen molar-refractivity contribution in [3.8, 4) is 17.1 Å². The largest absolute Gasteiger partial charge is 0.493 e. The van der Waals surface area contributed by atoms with E-state index in [4.69, 9.17) is 9.26 Å². The van der Waals surface area contributed by atoms with Crippen molar-refractivity contribution in [2.75, 3.05) is 13.2 Å². The predicted molar refractivity (Wildman–Crippen MR) is 82.4 cm³/mol. The van der Waals surface area contributed by atoms with Crippen molar-refractivity contribution in [3.63, 3.8) is 0 Å². The maximum atomic E-state index is 5.59. The Morgan fingerprint density at radius 2 is 2.00 bits per heavy atom. The molecule has 21 heavy (non-hydrogen) atoms. The van der Waals surface area contributed by atoms with Crippen LogP contribution in [0.3, 0.4) is 0 Å². The summed E-state index contributed by atoms with van der Waals surface area (Å²) in [6, 6.07) is 7.72. The third-order valence-corrected chi connectivity index (χ3v) is 2.89. The average molecular weight is 289 g/mol. The lowest BCUT2D eigenvalue weighted by Crippen LogP contribution is -2.37. The van der Waals surface area contributed by atoms with Gasteiger partial charge in [0, 0.05) is 18.5 Å². The van der Waals surface area contributed by atoms with Gasteiger partial charge in [0.15, 0.2) is 0 Å². The predicted octanol–water partition coefficient (Wildman–Crippen LogP) is 3.07.